The summed E-state index contributed by atoms with van der Waals surface area (Å²) >= 11 is 0. The van der Waals surface area contributed by atoms with E-state index in [-0.39, 0.29) is 28.7 Å². The number of aliphatic hydroxyl groups excluding tert-OH is 1. The van der Waals surface area contributed by atoms with Crippen molar-refractivity contribution in [2.24, 2.45) is 17.8 Å². The van der Waals surface area contributed by atoms with Gasteiger partial charge in [0, 0.05) is 24.8 Å². The van der Waals surface area contributed by atoms with Gasteiger partial charge in [-0.2, -0.15) is 4.31 Å². The van der Waals surface area contributed by atoms with Gasteiger partial charge in [-0.1, -0.05) is 24.3 Å². The number of rotatable bonds is 4. The van der Waals surface area contributed by atoms with E-state index in [9.17, 15) is 18.3 Å². The van der Waals surface area contributed by atoms with Gasteiger partial charge >= 0.3 is 0 Å². The van der Waals surface area contributed by atoms with Crippen LogP contribution in [0.15, 0.2) is 59.5 Å². The first kappa shape index (κ1) is 18.8. The van der Waals surface area contributed by atoms with Gasteiger partial charge in [0.05, 0.1) is 17.0 Å². The standard InChI is InChI=1S/C22H24N2O4S/c1-23(17-7-3-2-4-8-17)22(26)14-6-5-9-18(11-14)29(27,28)24-13-16-10-15-12-19(16)20(24)21(15)25/h2-9,11,15-16,19-21,25H,10,12-13H2,1H3. The van der Waals surface area contributed by atoms with E-state index in [1.165, 1.54) is 21.3 Å². The Morgan fingerprint density at radius 2 is 1.83 bits per heavy atom. The Bertz CT molecular complexity index is 1050. The zero-order chi connectivity index (χ0) is 20.3. The number of aliphatic hydroxyl groups is 1. The predicted molar refractivity (Wildman–Crippen MR) is 109 cm³/mol. The van der Waals surface area contributed by atoms with Crippen LogP contribution in [0.3, 0.4) is 0 Å². The van der Waals surface area contributed by atoms with Gasteiger partial charge in [0.15, 0.2) is 0 Å². The van der Waals surface area contributed by atoms with Crippen LogP contribution in [0.25, 0.3) is 0 Å². The van der Waals surface area contributed by atoms with Gasteiger partial charge in [0.25, 0.3) is 5.91 Å². The monoisotopic (exact) mass is 412 g/mol. The molecule has 1 saturated heterocycles. The van der Waals surface area contributed by atoms with E-state index in [1.54, 1.807) is 19.2 Å². The minimum atomic E-state index is -3.78. The first-order valence-electron chi connectivity index (χ1n) is 10.0. The maximum absolute atomic E-state index is 13.4. The maximum atomic E-state index is 13.4. The first-order chi connectivity index (χ1) is 13.9. The molecule has 7 heteroatoms. The molecule has 2 bridgehead atoms. The van der Waals surface area contributed by atoms with Crippen LogP contribution in [0.2, 0.25) is 0 Å². The summed E-state index contributed by atoms with van der Waals surface area (Å²) < 4.78 is 28.3. The third kappa shape index (κ3) is 2.83. The Morgan fingerprint density at radius 3 is 2.55 bits per heavy atom. The molecule has 0 radical (unpaired) electrons. The number of anilines is 1. The van der Waals surface area contributed by atoms with Gasteiger partial charge in [-0.15, -0.1) is 0 Å². The van der Waals surface area contributed by atoms with E-state index in [1.807, 2.05) is 30.3 Å². The zero-order valence-electron chi connectivity index (χ0n) is 16.2. The second-order valence-corrected chi connectivity index (χ2v) is 10.3. The maximum Gasteiger partial charge on any atom is 0.258 e. The number of para-hydroxylation sites is 1. The highest BCUT2D eigenvalue weighted by Gasteiger charge is 2.61. The Morgan fingerprint density at radius 1 is 1.07 bits per heavy atom. The van der Waals surface area contributed by atoms with Crippen LogP contribution >= 0.6 is 0 Å². The molecule has 3 fully saturated rings. The van der Waals surface area contributed by atoms with Crippen LogP contribution < -0.4 is 4.90 Å². The summed E-state index contributed by atoms with van der Waals surface area (Å²) in [5.74, 6) is 0.564. The number of sulfonamides is 1. The van der Waals surface area contributed by atoms with Crippen molar-refractivity contribution in [2.45, 2.75) is 29.9 Å². The van der Waals surface area contributed by atoms with Crippen molar-refractivity contribution in [2.75, 3.05) is 18.5 Å². The van der Waals surface area contributed by atoms with Gasteiger partial charge in [-0.3, -0.25) is 4.79 Å². The zero-order valence-corrected chi connectivity index (χ0v) is 17.0. The quantitative estimate of drug-likeness (QED) is 0.836. The fraction of sp³-hybridized carbons (Fsp3) is 0.409. The number of carbonyl (C=O) groups excluding carboxylic acids is 1. The molecule has 5 rings (SSSR count). The molecule has 0 aromatic heterocycles. The van der Waals surface area contributed by atoms with Crippen LogP contribution in [0.5, 0.6) is 0 Å². The minimum absolute atomic E-state index is 0.113. The van der Waals surface area contributed by atoms with E-state index in [4.69, 9.17) is 0 Å². The van der Waals surface area contributed by atoms with E-state index in [0.29, 0.717) is 18.0 Å². The van der Waals surface area contributed by atoms with Crippen molar-refractivity contribution in [3.8, 4) is 0 Å². The lowest BCUT2D eigenvalue weighted by Gasteiger charge is -2.28. The van der Waals surface area contributed by atoms with Crippen molar-refractivity contribution in [1.82, 2.24) is 4.31 Å². The molecule has 2 saturated carbocycles. The number of hydrogen-bond acceptors (Lipinski definition) is 4. The molecule has 152 valence electrons. The summed E-state index contributed by atoms with van der Waals surface area (Å²) in [6.45, 7) is 0.466. The molecule has 0 spiro atoms. The number of amides is 1. The summed E-state index contributed by atoms with van der Waals surface area (Å²) in [6.07, 6.45) is 1.25. The number of carbonyl (C=O) groups is 1. The number of nitrogens with zero attached hydrogens (tertiary/aromatic N) is 2. The summed E-state index contributed by atoms with van der Waals surface area (Å²) in [7, 11) is -2.10. The average molecular weight is 413 g/mol. The molecule has 2 aliphatic carbocycles. The van der Waals surface area contributed by atoms with Gasteiger partial charge in [0.2, 0.25) is 10.0 Å². The van der Waals surface area contributed by atoms with Gasteiger partial charge < -0.3 is 10.0 Å². The molecule has 3 aliphatic rings. The van der Waals surface area contributed by atoms with Crippen molar-refractivity contribution < 1.29 is 18.3 Å². The molecule has 1 aliphatic heterocycles. The largest absolute Gasteiger partial charge is 0.391 e. The van der Waals surface area contributed by atoms with Crippen LogP contribution in [-0.4, -0.2) is 49.5 Å². The highest BCUT2D eigenvalue weighted by atomic mass is 32.2. The van der Waals surface area contributed by atoms with Gasteiger partial charge in [0.1, 0.15) is 0 Å². The molecule has 5 atom stereocenters. The molecule has 1 N–H and O–H groups in total. The molecular formula is C22H24N2O4S. The molecule has 1 heterocycles. The topological polar surface area (TPSA) is 77.9 Å². The third-order valence-corrected chi connectivity index (χ3v) is 8.80. The summed E-state index contributed by atoms with van der Waals surface area (Å²) in [6, 6.07) is 15.1. The van der Waals surface area contributed by atoms with Crippen molar-refractivity contribution in [1.29, 1.82) is 0 Å². The van der Waals surface area contributed by atoms with Crippen molar-refractivity contribution >= 4 is 21.6 Å². The van der Waals surface area contributed by atoms with Crippen molar-refractivity contribution in [3.05, 3.63) is 60.2 Å². The summed E-state index contributed by atoms with van der Waals surface area (Å²) in [5.41, 5.74) is 1.06. The highest BCUT2D eigenvalue weighted by molar-refractivity contribution is 7.89. The fourth-order valence-electron chi connectivity index (χ4n) is 5.52. The number of fused-ring (bicyclic) bond motifs is 1. The van der Waals surface area contributed by atoms with E-state index in [2.05, 4.69) is 0 Å². The molecule has 2 aromatic rings. The molecule has 29 heavy (non-hydrogen) atoms. The summed E-state index contributed by atoms with van der Waals surface area (Å²) in [4.78, 5) is 14.5. The lowest BCUT2D eigenvalue weighted by molar-refractivity contribution is 0.0731. The second-order valence-electron chi connectivity index (χ2n) is 8.44. The van der Waals surface area contributed by atoms with E-state index < -0.39 is 16.1 Å². The first-order valence-corrected chi connectivity index (χ1v) is 11.4. The predicted octanol–water partition coefficient (Wildman–Crippen LogP) is 2.35. The normalized spacial score (nSPS) is 30.6. The van der Waals surface area contributed by atoms with Gasteiger partial charge in [-0.05, 0) is 60.9 Å². The van der Waals surface area contributed by atoms with Crippen LogP contribution in [0.4, 0.5) is 5.69 Å². The molecular weight excluding hydrogens is 388 g/mol. The lowest BCUT2D eigenvalue weighted by Crippen LogP contribution is -2.43. The van der Waals surface area contributed by atoms with E-state index >= 15 is 0 Å². The summed E-state index contributed by atoms with van der Waals surface area (Å²) in [5, 5.41) is 10.6. The molecule has 5 unspecified atom stereocenters. The van der Waals surface area contributed by atoms with Crippen molar-refractivity contribution in [3.63, 3.8) is 0 Å². The van der Waals surface area contributed by atoms with E-state index in [0.717, 1.165) is 18.5 Å². The SMILES string of the molecule is CN(C(=O)c1cccc(S(=O)(=O)N2CC3CC4CC3C2C4O)c1)c1ccccc1. The molecule has 6 nitrogen and oxygen atoms in total. The lowest BCUT2D eigenvalue weighted by atomic mass is 9.88. The average Bonchev–Trinajstić information content (AvgIpc) is 3.37. The van der Waals surface area contributed by atoms with Crippen LogP contribution in [0, 0.1) is 17.8 Å². The Balaban J connectivity index is 1.44. The highest BCUT2D eigenvalue weighted by Crippen LogP contribution is 2.56. The Hall–Kier alpha value is -2.22. The molecule has 1 amide bonds. The Labute approximate surface area is 170 Å². The van der Waals surface area contributed by atoms with Crippen LogP contribution in [0.1, 0.15) is 23.2 Å². The second kappa shape index (κ2) is 6.65. The third-order valence-electron chi connectivity index (χ3n) is 6.94. The molecule has 2 aromatic carbocycles. The van der Waals surface area contributed by atoms with Gasteiger partial charge in [-0.25, -0.2) is 8.42 Å². The number of hydrogen-bond donors (Lipinski definition) is 1. The number of benzene rings is 2. The minimum Gasteiger partial charge on any atom is -0.391 e. The fourth-order valence-corrected chi connectivity index (χ4v) is 7.31. The smallest absolute Gasteiger partial charge is 0.258 e. The van der Waals surface area contributed by atoms with Crippen LogP contribution in [-0.2, 0) is 10.0 Å². The Kier molecular flexibility index (Phi) is 4.31.